The lowest BCUT2D eigenvalue weighted by Gasteiger charge is -2.31. The molecule has 0 bridgehead atoms. The summed E-state index contributed by atoms with van der Waals surface area (Å²) in [5.74, 6) is 2.08. The summed E-state index contributed by atoms with van der Waals surface area (Å²) in [5.41, 5.74) is 0.651. The Bertz CT molecular complexity index is 1170. The molecule has 2 aromatic heterocycles. The van der Waals surface area contributed by atoms with E-state index >= 15 is 0 Å². The largest absolute Gasteiger partial charge is 0.454 e. The van der Waals surface area contributed by atoms with Crippen LogP contribution >= 0.6 is 0 Å². The van der Waals surface area contributed by atoms with E-state index in [0.29, 0.717) is 34.6 Å². The van der Waals surface area contributed by atoms with Crippen LogP contribution in [0.15, 0.2) is 35.4 Å². The van der Waals surface area contributed by atoms with Crippen molar-refractivity contribution in [3.05, 3.63) is 41.1 Å². The first-order chi connectivity index (χ1) is 14.6. The molecule has 0 spiro atoms. The summed E-state index contributed by atoms with van der Waals surface area (Å²) in [7, 11) is 0. The van der Waals surface area contributed by atoms with Crippen LogP contribution in [0.4, 0.5) is 11.5 Å². The molecule has 0 aliphatic carbocycles. The third-order valence-corrected chi connectivity index (χ3v) is 5.39. The molecule has 0 radical (unpaired) electrons. The lowest BCUT2D eigenvalue weighted by Crippen LogP contribution is -2.35. The molecule has 1 fully saturated rings. The van der Waals surface area contributed by atoms with Crippen LogP contribution in [0.2, 0.25) is 0 Å². The molecule has 30 heavy (non-hydrogen) atoms. The highest BCUT2D eigenvalue weighted by molar-refractivity contribution is 5.91. The maximum absolute atomic E-state index is 12.8. The molecule has 1 saturated heterocycles. The van der Waals surface area contributed by atoms with E-state index in [9.17, 15) is 9.59 Å². The summed E-state index contributed by atoms with van der Waals surface area (Å²) in [5, 5.41) is 7.18. The van der Waals surface area contributed by atoms with Crippen LogP contribution in [0.3, 0.4) is 0 Å². The highest BCUT2D eigenvalue weighted by atomic mass is 16.7. The zero-order chi connectivity index (χ0) is 20.7. The molecule has 156 valence electrons. The number of aromatic nitrogens is 4. The quantitative estimate of drug-likeness (QED) is 0.695. The van der Waals surface area contributed by atoms with Crippen LogP contribution in [0.25, 0.3) is 5.65 Å². The van der Waals surface area contributed by atoms with Gasteiger partial charge >= 0.3 is 5.69 Å². The number of anilines is 2. The molecule has 0 unspecified atom stereocenters. The van der Waals surface area contributed by atoms with Gasteiger partial charge < -0.3 is 19.7 Å². The number of amides is 1. The van der Waals surface area contributed by atoms with Crippen molar-refractivity contribution in [3.63, 3.8) is 0 Å². The Balaban J connectivity index is 1.38. The van der Waals surface area contributed by atoms with Gasteiger partial charge in [-0.1, -0.05) is 6.92 Å². The summed E-state index contributed by atoms with van der Waals surface area (Å²) >= 11 is 0. The minimum Gasteiger partial charge on any atom is -0.454 e. The van der Waals surface area contributed by atoms with Crippen LogP contribution in [0, 0.1) is 5.92 Å². The van der Waals surface area contributed by atoms with Gasteiger partial charge in [-0.05, 0) is 30.9 Å². The SMILES string of the molecule is C[C@H]1CCCN(c2nccn3c(=O)n(CC(=O)Nc4ccc5c(c4)OCO5)nc23)C1. The third kappa shape index (κ3) is 3.34. The van der Waals surface area contributed by atoms with E-state index in [1.165, 1.54) is 10.8 Å². The molecular weight excluding hydrogens is 388 g/mol. The Morgan fingerprint density at radius 2 is 2.17 bits per heavy atom. The maximum atomic E-state index is 12.8. The first-order valence-electron chi connectivity index (χ1n) is 9.97. The number of piperidine rings is 1. The number of carbonyl (C=O) groups is 1. The Morgan fingerprint density at radius 3 is 3.03 bits per heavy atom. The van der Waals surface area contributed by atoms with E-state index in [2.05, 4.69) is 27.2 Å². The van der Waals surface area contributed by atoms with Crippen molar-refractivity contribution in [3.8, 4) is 11.5 Å². The van der Waals surface area contributed by atoms with E-state index in [0.717, 1.165) is 24.2 Å². The molecule has 2 aliphatic heterocycles. The number of fused-ring (bicyclic) bond motifs is 2. The highest BCUT2D eigenvalue weighted by Crippen LogP contribution is 2.34. The Kier molecular flexibility index (Phi) is 4.53. The van der Waals surface area contributed by atoms with Gasteiger partial charge in [-0.2, -0.15) is 0 Å². The number of benzene rings is 1. The third-order valence-electron chi connectivity index (χ3n) is 5.39. The van der Waals surface area contributed by atoms with Crippen LogP contribution in [-0.4, -0.2) is 45.0 Å². The van der Waals surface area contributed by atoms with E-state index in [-0.39, 0.29) is 24.9 Å². The zero-order valence-corrected chi connectivity index (χ0v) is 16.6. The topological polar surface area (TPSA) is 103 Å². The smallest absolute Gasteiger partial charge is 0.350 e. The fourth-order valence-corrected chi connectivity index (χ4v) is 3.95. The number of carbonyl (C=O) groups excluding carboxylic acids is 1. The molecule has 1 N–H and O–H groups in total. The standard InChI is InChI=1S/C20H22N6O4/c1-13-3-2-7-24(10-13)18-19-23-26(20(28)25(19)8-6-21-18)11-17(27)22-14-4-5-15-16(9-14)30-12-29-15/h4-6,8-9,13H,2-3,7,10-12H2,1H3,(H,22,27)/t13-/m0/s1. The number of hydrogen-bond donors (Lipinski definition) is 1. The highest BCUT2D eigenvalue weighted by Gasteiger charge is 2.22. The second kappa shape index (κ2) is 7.36. The van der Waals surface area contributed by atoms with Crippen LogP contribution in [-0.2, 0) is 11.3 Å². The van der Waals surface area contributed by atoms with Crippen LogP contribution in [0.1, 0.15) is 19.8 Å². The average Bonchev–Trinajstić information content (AvgIpc) is 3.32. The number of ether oxygens (including phenoxy) is 2. The Labute approximate surface area is 172 Å². The van der Waals surface area contributed by atoms with Gasteiger partial charge in [0.15, 0.2) is 17.3 Å². The first kappa shape index (κ1) is 18.5. The molecule has 1 amide bonds. The predicted octanol–water partition coefficient (Wildman–Crippen LogP) is 1.49. The minimum atomic E-state index is -0.375. The van der Waals surface area contributed by atoms with Crippen LogP contribution < -0.4 is 25.4 Å². The molecule has 10 heteroatoms. The van der Waals surface area contributed by atoms with Gasteiger partial charge in [-0.15, -0.1) is 5.10 Å². The molecule has 10 nitrogen and oxygen atoms in total. The fourth-order valence-electron chi connectivity index (χ4n) is 3.95. The molecule has 3 aromatic rings. The minimum absolute atomic E-state index is 0.162. The molecule has 1 aromatic carbocycles. The lowest BCUT2D eigenvalue weighted by molar-refractivity contribution is -0.117. The van der Waals surface area contributed by atoms with Crippen molar-refractivity contribution in [1.29, 1.82) is 0 Å². The number of rotatable bonds is 4. The second-order valence-electron chi connectivity index (χ2n) is 7.69. The van der Waals surface area contributed by atoms with E-state index in [4.69, 9.17) is 9.47 Å². The monoisotopic (exact) mass is 410 g/mol. The van der Waals surface area contributed by atoms with Crippen molar-refractivity contribution < 1.29 is 14.3 Å². The van der Waals surface area contributed by atoms with Gasteiger partial charge in [0.25, 0.3) is 0 Å². The van der Waals surface area contributed by atoms with Crippen molar-refractivity contribution in [2.24, 2.45) is 5.92 Å². The predicted molar refractivity (Wildman–Crippen MR) is 109 cm³/mol. The van der Waals surface area contributed by atoms with Gasteiger partial charge in [0.05, 0.1) is 0 Å². The van der Waals surface area contributed by atoms with Crippen molar-refractivity contribution in [2.75, 3.05) is 30.1 Å². The van der Waals surface area contributed by atoms with Gasteiger partial charge in [-0.25, -0.2) is 18.9 Å². The summed E-state index contributed by atoms with van der Waals surface area (Å²) in [6, 6.07) is 5.14. The zero-order valence-electron chi connectivity index (χ0n) is 16.6. The van der Waals surface area contributed by atoms with E-state index < -0.39 is 0 Å². The van der Waals surface area contributed by atoms with E-state index in [1.54, 1.807) is 30.6 Å². The van der Waals surface area contributed by atoms with Gasteiger partial charge in [-0.3, -0.25) is 4.79 Å². The normalized spacial score (nSPS) is 18.0. The van der Waals surface area contributed by atoms with Crippen molar-refractivity contribution >= 4 is 23.1 Å². The van der Waals surface area contributed by atoms with Gasteiger partial charge in [0, 0.05) is 37.2 Å². The molecule has 0 saturated carbocycles. The Hall–Kier alpha value is -3.56. The molecular formula is C20H22N6O4. The second-order valence-corrected chi connectivity index (χ2v) is 7.69. The summed E-state index contributed by atoms with van der Waals surface area (Å²) in [4.78, 5) is 31.9. The number of nitrogens with zero attached hydrogens (tertiary/aromatic N) is 5. The van der Waals surface area contributed by atoms with Crippen LogP contribution in [0.5, 0.6) is 11.5 Å². The molecule has 5 rings (SSSR count). The van der Waals surface area contributed by atoms with E-state index in [1.807, 2.05) is 0 Å². The molecule has 1 atom stereocenters. The summed E-state index contributed by atoms with van der Waals surface area (Å²) in [6.45, 7) is 3.92. The average molecular weight is 410 g/mol. The van der Waals surface area contributed by atoms with Crippen molar-refractivity contribution in [1.82, 2.24) is 19.2 Å². The summed E-state index contributed by atoms with van der Waals surface area (Å²) < 4.78 is 13.2. The number of hydrogen-bond acceptors (Lipinski definition) is 7. The fraction of sp³-hybridized carbons (Fsp3) is 0.400. The number of nitrogens with one attached hydrogen (secondary N) is 1. The maximum Gasteiger partial charge on any atom is 0.350 e. The van der Waals surface area contributed by atoms with Crippen molar-refractivity contribution in [2.45, 2.75) is 26.3 Å². The Morgan fingerprint density at radius 1 is 1.30 bits per heavy atom. The van der Waals surface area contributed by atoms with Gasteiger partial charge in [0.2, 0.25) is 18.3 Å². The first-order valence-corrected chi connectivity index (χ1v) is 9.97. The molecule has 2 aliphatic rings. The summed E-state index contributed by atoms with van der Waals surface area (Å²) in [6.07, 6.45) is 5.43. The van der Waals surface area contributed by atoms with Gasteiger partial charge in [0.1, 0.15) is 6.54 Å². The lowest BCUT2D eigenvalue weighted by atomic mass is 10.0. The molecule has 4 heterocycles.